The highest BCUT2D eigenvalue weighted by molar-refractivity contribution is 5.93. The summed E-state index contributed by atoms with van der Waals surface area (Å²) in [6.45, 7) is 7.45. The molecule has 0 atom stereocenters. The number of amides is 1. The number of hydrazine groups is 1. The first kappa shape index (κ1) is 16.1. The number of hydrogen-bond acceptors (Lipinski definition) is 4. The van der Waals surface area contributed by atoms with Crippen LogP contribution in [0, 0.1) is 10.1 Å². The van der Waals surface area contributed by atoms with E-state index in [4.69, 9.17) is 0 Å². The molecule has 6 nitrogen and oxygen atoms in total. The zero-order valence-electron chi connectivity index (χ0n) is 12.0. The average molecular weight is 279 g/mol. The second kappa shape index (κ2) is 8.27. The number of carbonyl (C=O) groups excluding carboxylic acids is 1. The topological polar surface area (TPSA) is 75.5 Å². The van der Waals surface area contributed by atoms with E-state index in [1.807, 2.05) is 12.1 Å². The summed E-state index contributed by atoms with van der Waals surface area (Å²) in [6, 6.07) is 6.92. The molecule has 0 aromatic heterocycles. The van der Waals surface area contributed by atoms with Crippen molar-refractivity contribution in [3.8, 4) is 0 Å². The normalized spacial score (nSPS) is 10.6. The maximum Gasteiger partial charge on any atom is 0.310 e. The Kier molecular flexibility index (Phi) is 6.66. The fourth-order valence-electron chi connectivity index (χ4n) is 2.02. The van der Waals surface area contributed by atoms with Crippen molar-refractivity contribution < 1.29 is 9.83 Å². The molecule has 0 spiro atoms. The van der Waals surface area contributed by atoms with Crippen LogP contribution in [0.3, 0.4) is 0 Å². The van der Waals surface area contributed by atoms with Crippen molar-refractivity contribution in [1.82, 2.24) is 10.3 Å². The zero-order chi connectivity index (χ0) is 15.0. The molecule has 0 bridgehead atoms. The number of nitro groups is 1. The van der Waals surface area contributed by atoms with E-state index < -0.39 is 10.9 Å². The van der Waals surface area contributed by atoms with Gasteiger partial charge in [-0.15, -0.1) is 0 Å². The first-order chi connectivity index (χ1) is 9.56. The Morgan fingerprint density at radius 1 is 1.25 bits per heavy atom. The summed E-state index contributed by atoms with van der Waals surface area (Å²) in [4.78, 5) is 23.9. The molecule has 0 fully saturated rings. The Labute approximate surface area is 118 Å². The van der Waals surface area contributed by atoms with E-state index in [1.54, 1.807) is 17.6 Å². The van der Waals surface area contributed by atoms with E-state index in [1.165, 1.54) is 0 Å². The van der Waals surface area contributed by atoms with Gasteiger partial charge in [0.1, 0.15) is 0 Å². The molecule has 0 aliphatic rings. The lowest BCUT2D eigenvalue weighted by Gasteiger charge is -2.17. The van der Waals surface area contributed by atoms with Gasteiger partial charge in [0.15, 0.2) is 5.03 Å². The van der Waals surface area contributed by atoms with Gasteiger partial charge in [-0.05, 0) is 50.2 Å². The van der Waals surface area contributed by atoms with Crippen LogP contribution < -0.4 is 5.43 Å². The van der Waals surface area contributed by atoms with Crippen LogP contribution >= 0.6 is 0 Å². The summed E-state index contributed by atoms with van der Waals surface area (Å²) < 4.78 is 0. The van der Waals surface area contributed by atoms with E-state index in [9.17, 15) is 14.9 Å². The van der Waals surface area contributed by atoms with E-state index in [0.29, 0.717) is 5.56 Å². The summed E-state index contributed by atoms with van der Waals surface area (Å²) in [5, 5.41) is 9.33. The first-order valence-corrected chi connectivity index (χ1v) is 6.83. The van der Waals surface area contributed by atoms with Gasteiger partial charge in [-0.3, -0.25) is 4.79 Å². The zero-order valence-corrected chi connectivity index (χ0v) is 12.0. The lowest BCUT2D eigenvalue weighted by molar-refractivity contribution is -0.527. The average Bonchev–Trinajstić information content (AvgIpc) is 2.43. The number of nitrogens with zero attached hydrogens (tertiary/aromatic N) is 2. The molecule has 1 aromatic rings. The summed E-state index contributed by atoms with van der Waals surface area (Å²) in [6.07, 6.45) is 2.00. The highest BCUT2D eigenvalue weighted by atomic mass is 16.7. The monoisotopic (exact) mass is 279 g/mol. The summed E-state index contributed by atoms with van der Waals surface area (Å²) in [5.41, 5.74) is 3.06. The molecule has 0 aliphatic heterocycles. The summed E-state index contributed by atoms with van der Waals surface area (Å²) in [5.74, 6) is -0.690. The number of aryl methyl sites for hydroxylation is 1. The van der Waals surface area contributed by atoms with Gasteiger partial charge in [0.05, 0.1) is 0 Å². The second-order valence-electron chi connectivity index (χ2n) is 4.53. The Bertz CT molecular complexity index is 441. The molecule has 1 aromatic carbocycles. The molecule has 110 valence electrons. The van der Waals surface area contributed by atoms with Crippen LogP contribution in [0.15, 0.2) is 24.3 Å². The standard InChI is InChI=1S/C14H21N3O3/c1-3-16(4-2)11-5-6-12-7-9-13(10-8-12)14(18)15-17(19)20/h7-10H,3-6,11H2,1-2H3,(H,15,18). The Morgan fingerprint density at radius 3 is 2.35 bits per heavy atom. The van der Waals surface area contributed by atoms with Crippen LogP contribution in [0.5, 0.6) is 0 Å². The predicted molar refractivity (Wildman–Crippen MR) is 77.0 cm³/mol. The highest BCUT2D eigenvalue weighted by Gasteiger charge is 2.10. The molecule has 6 heteroatoms. The highest BCUT2D eigenvalue weighted by Crippen LogP contribution is 2.07. The SMILES string of the molecule is CCN(CC)CCCc1ccc(C(=O)N[N+](=O)[O-])cc1. The lowest BCUT2D eigenvalue weighted by atomic mass is 10.1. The maximum absolute atomic E-state index is 11.4. The quantitative estimate of drug-likeness (QED) is 0.582. The van der Waals surface area contributed by atoms with E-state index in [0.717, 1.165) is 38.0 Å². The Balaban J connectivity index is 2.46. The number of carbonyl (C=O) groups is 1. The minimum absolute atomic E-state index is 0.300. The molecule has 0 unspecified atom stereocenters. The van der Waals surface area contributed by atoms with Crippen LogP contribution in [-0.2, 0) is 6.42 Å². The number of benzene rings is 1. The molecule has 1 rings (SSSR count). The third kappa shape index (κ3) is 5.36. The van der Waals surface area contributed by atoms with Gasteiger partial charge in [0.25, 0.3) is 0 Å². The van der Waals surface area contributed by atoms with Crippen LogP contribution in [-0.4, -0.2) is 35.5 Å². The van der Waals surface area contributed by atoms with Gasteiger partial charge >= 0.3 is 5.91 Å². The van der Waals surface area contributed by atoms with Gasteiger partial charge in [-0.2, -0.15) is 0 Å². The third-order valence-corrected chi connectivity index (χ3v) is 3.24. The minimum Gasteiger partial charge on any atom is -0.304 e. The molecule has 0 aliphatic carbocycles. The Morgan fingerprint density at radius 2 is 1.85 bits per heavy atom. The molecular weight excluding hydrogens is 258 g/mol. The van der Waals surface area contributed by atoms with Crippen LogP contribution in [0.25, 0.3) is 0 Å². The number of hydrogen-bond donors (Lipinski definition) is 1. The molecule has 0 saturated heterocycles. The van der Waals surface area contributed by atoms with E-state index in [2.05, 4.69) is 18.7 Å². The number of rotatable bonds is 8. The van der Waals surface area contributed by atoms with Crippen molar-refractivity contribution >= 4 is 5.91 Å². The predicted octanol–water partition coefficient (Wildman–Crippen LogP) is 1.88. The summed E-state index contributed by atoms with van der Waals surface area (Å²) >= 11 is 0. The Hall–Kier alpha value is -1.95. The fraction of sp³-hybridized carbons (Fsp3) is 0.500. The molecule has 0 radical (unpaired) electrons. The minimum atomic E-state index is -0.847. The van der Waals surface area contributed by atoms with Gasteiger partial charge in [-0.1, -0.05) is 31.4 Å². The van der Waals surface area contributed by atoms with Crippen molar-refractivity contribution in [2.75, 3.05) is 19.6 Å². The van der Waals surface area contributed by atoms with Crippen LogP contribution in [0.4, 0.5) is 0 Å². The molecular formula is C14H21N3O3. The first-order valence-electron chi connectivity index (χ1n) is 6.83. The van der Waals surface area contributed by atoms with Crippen LogP contribution in [0.2, 0.25) is 0 Å². The largest absolute Gasteiger partial charge is 0.310 e. The molecule has 0 saturated carbocycles. The van der Waals surface area contributed by atoms with Gasteiger partial charge in [0.2, 0.25) is 0 Å². The van der Waals surface area contributed by atoms with E-state index in [-0.39, 0.29) is 0 Å². The van der Waals surface area contributed by atoms with Crippen molar-refractivity contribution in [2.24, 2.45) is 0 Å². The third-order valence-electron chi connectivity index (χ3n) is 3.24. The van der Waals surface area contributed by atoms with Crippen LogP contribution in [0.1, 0.15) is 36.2 Å². The second-order valence-corrected chi connectivity index (χ2v) is 4.53. The van der Waals surface area contributed by atoms with Crippen molar-refractivity contribution in [2.45, 2.75) is 26.7 Å². The van der Waals surface area contributed by atoms with Gasteiger partial charge in [0, 0.05) is 5.56 Å². The smallest absolute Gasteiger partial charge is 0.304 e. The lowest BCUT2D eigenvalue weighted by Crippen LogP contribution is -2.29. The maximum atomic E-state index is 11.4. The fourth-order valence-corrected chi connectivity index (χ4v) is 2.02. The number of nitrogens with one attached hydrogen (secondary N) is 1. The molecule has 1 amide bonds. The van der Waals surface area contributed by atoms with Gasteiger partial charge in [-0.25, -0.2) is 10.1 Å². The van der Waals surface area contributed by atoms with Crippen molar-refractivity contribution in [1.29, 1.82) is 0 Å². The van der Waals surface area contributed by atoms with Gasteiger partial charge < -0.3 is 4.90 Å². The molecule has 0 heterocycles. The van der Waals surface area contributed by atoms with Crippen molar-refractivity contribution in [3.05, 3.63) is 45.5 Å². The van der Waals surface area contributed by atoms with Crippen molar-refractivity contribution in [3.63, 3.8) is 0 Å². The summed E-state index contributed by atoms with van der Waals surface area (Å²) in [7, 11) is 0. The van der Waals surface area contributed by atoms with E-state index >= 15 is 0 Å². The molecule has 1 N–H and O–H groups in total. The molecule has 20 heavy (non-hydrogen) atoms.